The van der Waals surface area contributed by atoms with E-state index in [0.717, 1.165) is 0 Å². The summed E-state index contributed by atoms with van der Waals surface area (Å²) >= 11 is 0. The first-order valence-electron chi connectivity index (χ1n) is 18.1. The fraction of sp³-hybridized carbons (Fsp3) is 0.421. The highest BCUT2D eigenvalue weighted by Crippen LogP contribution is 2.40. The maximum absolute atomic E-state index is 14.4. The van der Waals surface area contributed by atoms with Crippen LogP contribution in [-0.4, -0.2) is 109 Å². The van der Waals surface area contributed by atoms with E-state index >= 15 is 0 Å². The summed E-state index contributed by atoms with van der Waals surface area (Å²) < 4.78 is 12.1. The molecule has 5 amide bonds. The van der Waals surface area contributed by atoms with E-state index in [1.807, 2.05) is 6.07 Å². The lowest BCUT2D eigenvalue weighted by Crippen LogP contribution is -2.56. The van der Waals surface area contributed by atoms with Gasteiger partial charge in [-0.2, -0.15) is 5.26 Å². The first-order chi connectivity index (χ1) is 26.8. The van der Waals surface area contributed by atoms with Gasteiger partial charge in [-0.25, -0.2) is 9.97 Å². The lowest BCUT2D eigenvalue weighted by atomic mass is 9.93. The zero-order valence-electron chi connectivity index (χ0n) is 31.9. The van der Waals surface area contributed by atoms with Gasteiger partial charge in [0.1, 0.15) is 61.2 Å². The predicted octanol–water partition coefficient (Wildman–Crippen LogP) is -0.732. The van der Waals surface area contributed by atoms with Gasteiger partial charge in [0, 0.05) is 43.9 Å². The van der Waals surface area contributed by atoms with E-state index in [4.69, 9.17) is 31.9 Å². The Bertz CT molecular complexity index is 1970. The molecule has 4 bridgehead atoms. The molecule has 0 aliphatic carbocycles. The number of nitrogens with zero attached hydrogens (tertiary/aromatic N) is 4. The van der Waals surface area contributed by atoms with Crippen LogP contribution < -0.4 is 47.9 Å². The molecule has 10 N–H and O–H groups in total. The van der Waals surface area contributed by atoms with Crippen LogP contribution in [0.25, 0.3) is 11.1 Å². The number of fused-ring (bicyclic) bond motifs is 5. The summed E-state index contributed by atoms with van der Waals surface area (Å²) in [6, 6.07) is 7.07. The standard InChI is InChI=1S/C38H49N11O7/c1-21-28(20-44-23(3)45-21)35(51)47-29(9-10-39)38(54)49(4)33-25-6-8-32(56-16-13-42)27(19-25)26-17-24(5-7-31(26)55-15-12-41)18-30(36(52)43-14-11-40)48-34(50)22(2)46-37(33)53/h5-8,17,19-20,22,29-30,33H,9-10,12-16,18,39,41-42H2,1-4H3,(H,43,52)(H,46,53)(H,47,51)(H,48,50)/t22-,29-,30-,33-/m0/s1. The number of ether oxygens (including phenoxy) is 2. The van der Waals surface area contributed by atoms with Gasteiger partial charge in [0.2, 0.25) is 23.6 Å². The number of aryl methyl sites for hydroxylation is 2. The Labute approximate surface area is 324 Å². The molecule has 18 nitrogen and oxygen atoms in total. The summed E-state index contributed by atoms with van der Waals surface area (Å²) in [6.45, 7) is 5.18. The number of nitrogens with one attached hydrogen (secondary N) is 4. The lowest BCUT2D eigenvalue weighted by Gasteiger charge is -2.32. The number of aromatic nitrogens is 2. The average molecular weight is 772 g/mol. The molecular weight excluding hydrogens is 722 g/mol. The number of carbonyl (C=O) groups is 5. The number of hydrogen-bond acceptors (Lipinski definition) is 13. The van der Waals surface area contributed by atoms with Crippen LogP contribution in [0.1, 0.15) is 52.4 Å². The van der Waals surface area contributed by atoms with Crippen molar-refractivity contribution in [2.75, 3.05) is 46.4 Å². The summed E-state index contributed by atoms with van der Waals surface area (Å²) in [6.07, 6.45) is 1.40. The van der Waals surface area contributed by atoms with Crippen LogP contribution in [0.3, 0.4) is 0 Å². The topological polar surface area (TPSA) is 283 Å². The van der Waals surface area contributed by atoms with Crippen molar-refractivity contribution in [3.63, 3.8) is 0 Å². The molecule has 1 aliphatic rings. The van der Waals surface area contributed by atoms with E-state index in [1.54, 1.807) is 50.2 Å². The van der Waals surface area contributed by atoms with Gasteiger partial charge in [0.15, 0.2) is 0 Å². The number of nitrogens with two attached hydrogens (primary N) is 3. The van der Waals surface area contributed by atoms with Gasteiger partial charge < -0.3 is 52.8 Å². The third kappa shape index (κ3) is 10.5. The fourth-order valence-electron chi connectivity index (χ4n) is 6.17. The Morgan fingerprint density at radius 1 is 0.982 bits per heavy atom. The Balaban J connectivity index is 1.89. The highest BCUT2D eigenvalue weighted by molar-refractivity contribution is 5.99. The number of rotatable bonds is 14. The fourth-order valence-corrected chi connectivity index (χ4v) is 6.17. The van der Waals surface area contributed by atoms with Gasteiger partial charge in [-0.15, -0.1) is 0 Å². The smallest absolute Gasteiger partial charge is 0.255 e. The molecule has 1 aromatic heterocycles. The maximum atomic E-state index is 14.4. The van der Waals surface area contributed by atoms with Crippen molar-refractivity contribution in [3.8, 4) is 28.7 Å². The van der Waals surface area contributed by atoms with Gasteiger partial charge in [-0.05, 0) is 69.1 Å². The molecule has 0 saturated carbocycles. The molecular formula is C38H49N11O7. The highest BCUT2D eigenvalue weighted by atomic mass is 16.5. The second-order valence-corrected chi connectivity index (χ2v) is 13.1. The molecule has 298 valence electrons. The third-order valence-electron chi connectivity index (χ3n) is 8.96. The van der Waals surface area contributed by atoms with Crippen LogP contribution in [0, 0.1) is 25.2 Å². The molecule has 0 fully saturated rings. The molecule has 0 radical (unpaired) electrons. The minimum absolute atomic E-state index is 0.00880. The van der Waals surface area contributed by atoms with Crippen molar-refractivity contribution in [1.29, 1.82) is 5.26 Å². The van der Waals surface area contributed by atoms with E-state index in [9.17, 15) is 24.0 Å². The molecule has 18 heteroatoms. The Morgan fingerprint density at radius 2 is 1.64 bits per heavy atom. The third-order valence-corrected chi connectivity index (χ3v) is 8.96. The van der Waals surface area contributed by atoms with Gasteiger partial charge in [0.25, 0.3) is 5.91 Å². The minimum atomic E-state index is -1.38. The van der Waals surface area contributed by atoms with Crippen LogP contribution in [-0.2, 0) is 25.6 Å². The van der Waals surface area contributed by atoms with E-state index in [-0.39, 0.29) is 57.8 Å². The van der Waals surface area contributed by atoms with Crippen molar-refractivity contribution < 1.29 is 33.4 Å². The van der Waals surface area contributed by atoms with Crippen molar-refractivity contribution in [2.24, 2.45) is 17.2 Å². The molecule has 56 heavy (non-hydrogen) atoms. The normalized spacial score (nSPS) is 17.2. The van der Waals surface area contributed by atoms with Crippen molar-refractivity contribution in [2.45, 2.75) is 57.8 Å². The number of carbonyl (C=O) groups excluding carboxylic acids is 5. The van der Waals surface area contributed by atoms with Crippen LogP contribution >= 0.6 is 0 Å². The summed E-state index contributed by atoms with van der Waals surface area (Å²) in [4.78, 5) is 78.5. The predicted molar refractivity (Wildman–Crippen MR) is 205 cm³/mol. The zero-order chi connectivity index (χ0) is 40.9. The molecule has 1 aliphatic heterocycles. The SMILES string of the molecule is Cc1ncc(C(=O)N[C@@H](CCN)C(=O)N(C)[C@@H]2C(=O)N[C@@H](C)C(=O)N[C@H](C(=O)NCC#N)Cc3ccc(OCCN)c(c3)-c3cc2ccc3OCCN)c(C)n1. The van der Waals surface area contributed by atoms with Gasteiger partial charge in [-0.1, -0.05) is 12.1 Å². The van der Waals surface area contributed by atoms with Crippen LogP contribution in [0.2, 0.25) is 0 Å². The summed E-state index contributed by atoms with van der Waals surface area (Å²) in [5.41, 5.74) is 19.9. The van der Waals surface area contributed by atoms with Gasteiger partial charge in [0.05, 0.1) is 17.3 Å². The average Bonchev–Trinajstić information content (AvgIpc) is 3.17. The minimum Gasteiger partial charge on any atom is -0.492 e. The molecule has 2 aromatic carbocycles. The summed E-state index contributed by atoms with van der Waals surface area (Å²) in [5, 5.41) is 19.7. The number of benzene rings is 2. The van der Waals surface area contributed by atoms with Gasteiger partial charge in [-0.3, -0.25) is 24.0 Å². The van der Waals surface area contributed by atoms with E-state index < -0.39 is 53.7 Å². The quantitative estimate of drug-likeness (QED) is 0.0997. The molecule has 0 unspecified atom stereocenters. The molecule has 0 spiro atoms. The van der Waals surface area contributed by atoms with Gasteiger partial charge >= 0.3 is 0 Å². The lowest BCUT2D eigenvalue weighted by molar-refractivity contribution is -0.141. The number of hydrogen-bond donors (Lipinski definition) is 7. The largest absolute Gasteiger partial charge is 0.492 e. The van der Waals surface area contributed by atoms with Crippen molar-refractivity contribution in [3.05, 3.63) is 70.8 Å². The number of likely N-dealkylation sites (N-methyl/N-ethyl adjacent to an activating group) is 1. The summed E-state index contributed by atoms with van der Waals surface area (Å²) in [5.74, 6) is -2.07. The van der Waals surface area contributed by atoms with E-state index in [0.29, 0.717) is 45.3 Å². The summed E-state index contributed by atoms with van der Waals surface area (Å²) in [7, 11) is 1.40. The highest BCUT2D eigenvalue weighted by Gasteiger charge is 2.36. The Kier molecular flexibility index (Phi) is 15.2. The molecule has 4 atom stereocenters. The molecule has 2 heterocycles. The molecule has 3 aromatic rings. The van der Waals surface area contributed by atoms with Crippen LogP contribution in [0.5, 0.6) is 11.5 Å². The number of amides is 5. The number of nitriles is 1. The Morgan fingerprint density at radius 3 is 2.27 bits per heavy atom. The van der Waals surface area contributed by atoms with E-state index in [2.05, 4.69) is 31.2 Å². The second-order valence-electron chi connectivity index (χ2n) is 13.1. The van der Waals surface area contributed by atoms with Crippen molar-refractivity contribution in [1.82, 2.24) is 36.1 Å². The second kappa shape index (κ2) is 20.0. The zero-order valence-corrected chi connectivity index (χ0v) is 31.9. The van der Waals surface area contributed by atoms with Crippen LogP contribution in [0.15, 0.2) is 42.6 Å². The van der Waals surface area contributed by atoms with Crippen molar-refractivity contribution >= 4 is 29.5 Å². The first kappa shape index (κ1) is 42.6. The molecule has 4 rings (SSSR count). The maximum Gasteiger partial charge on any atom is 0.255 e. The Hall–Kier alpha value is -6.16. The first-order valence-corrected chi connectivity index (χ1v) is 18.1. The molecule has 0 saturated heterocycles. The van der Waals surface area contributed by atoms with Crippen LogP contribution in [0.4, 0.5) is 0 Å². The monoisotopic (exact) mass is 771 g/mol. The van der Waals surface area contributed by atoms with E-state index in [1.165, 1.54) is 25.1 Å².